The Morgan fingerprint density at radius 1 is 1.11 bits per heavy atom. The molecule has 4 aromatic rings. The predicted molar refractivity (Wildman–Crippen MR) is 139 cm³/mol. The fraction of sp³-hybridized carbons (Fsp3) is 0.346. The summed E-state index contributed by atoms with van der Waals surface area (Å²) < 4.78 is 7.32. The molecular formula is C26H30N6O3S. The average molecular weight is 507 g/mol. The molecule has 0 unspecified atom stereocenters. The molecule has 36 heavy (non-hydrogen) atoms. The lowest BCUT2D eigenvalue weighted by molar-refractivity contribution is -0.122. The predicted octanol–water partition coefficient (Wildman–Crippen LogP) is 4.04. The molecule has 0 bridgehead atoms. The van der Waals surface area contributed by atoms with E-state index in [4.69, 9.17) is 14.4 Å². The van der Waals surface area contributed by atoms with Gasteiger partial charge in [0.25, 0.3) is 6.47 Å². The van der Waals surface area contributed by atoms with Gasteiger partial charge in [-0.05, 0) is 56.0 Å². The number of carbonyl (C=O) groups is 1. The lowest BCUT2D eigenvalue weighted by atomic mass is 9.99. The SMILES string of the molecule is Cc1cc(-c2ccc3c(c2)CCN(CCSc2nnc(-c4cccnc4C)n2C)CC3)no1.O=CO. The molecule has 0 fully saturated rings. The maximum Gasteiger partial charge on any atom is 0.290 e. The Morgan fingerprint density at radius 3 is 2.61 bits per heavy atom. The van der Waals surface area contributed by atoms with Gasteiger partial charge in [-0.3, -0.25) is 9.78 Å². The van der Waals surface area contributed by atoms with Gasteiger partial charge in [0.1, 0.15) is 11.5 Å². The smallest absolute Gasteiger partial charge is 0.290 e. The third-order valence-electron chi connectivity index (χ3n) is 6.25. The number of pyridine rings is 1. The van der Waals surface area contributed by atoms with Gasteiger partial charge in [-0.25, -0.2) is 0 Å². The van der Waals surface area contributed by atoms with Crippen LogP contribution in [-0.2, 0) is 24.7 Å². The van der Waals surface area contributed by atoms with Crippen LogP contribution >= 0.6 is 11.8 Å². The van der Waals surface area contributed by atoms with Gasteiger partial charge >= 0.3 is 0 Å². The quantitative estimate of drug-likeness (QED) is 0.306. The van der Waals surface area contributed by atoms with Gasteiger partial charge in [-0.15, -0.1) is 10.2 Å². The Labute approximate surface area is 214 Å². The Kier molecular flexibility index (Phi) is 8.50. The Hall–Kier alpha value is -3.50. The van der Waals surface area contributed by atoms with Gasteiger partial charge in [-0.1, -0.05) is 29.1 Å². The Balaban J connectivity index is 0.000000967. The topological polar surface area (TPSA) is 110 Å². The summed E-state index contributed by atoms with van der Waals surface area (Å²) in [5.74, 6) is 2.69. The van der Waals surface area contributed by atoms with Crippen LogP contribution in [0.3, 0.4) is 0 Å². The molecule has 1 aliphatic rings. The Bertz CT molecular complexity index is 1320. The molecule has 1 N–H and O–H groups in total. The summed E-state index contributed by atoms with van der Waals surface area (Å²) in [6, 6.07) is 12.7. The van der Waals surface area contributed by atoms with Crippen LogP contribution in [0.2, 0.25) is 0 Å². The van der Waals surface area contributed by atoms with Crippen LogP contribution in [0.4, 0.5) is 0 Å². The van der Waals surface area contributed by atoms with Crippen LogP contribution in [0.25, 0.3) is 22.6 Å². The van der Waals surface area contributed by atoms with Crippen LogP contribution in [0.15, 0.2) is 52.3 Å². The van der Waals surface area contributed by atoms with Crippen molar-refractivity contribution in [3.8, 4) is 22.6 Å². The van der Waals surface area contributed by atoms with Crippen LogP contribution < -0.4 is 0 Å². The standard InChI is InChI=1S/C25H28N6OS.CH2O2/c1-17-15-23(29-32-17)21-7-6-19-8-11-31(12-9-20(19)16-21)13-14-33-25-28-27-24(30(25)3)22-5-4-10-26-18(22)2;2-1-3/h4-7,10,15-16H,8-9,11-14H2,1-3H3;1H,(H,2,3). The molecule has 188 valence electrons. The van der Waals surface area contributed by atoms with Gasteiger partial charge in [0.2, 0.25) is 0 Å². The maximum absolute atomic E-state index is 8.36. The molecule has 0 spiro atoms. The zero-order chi connectivity index (χ0) is 25.5. The molecule has 4 heterocycles. The first-order valence-electron chi connectivity index (χ1n) is 11.8. The fourth-order valence-electron chi connectivity index (χ4n) is 4.32. The second kappa shape index (κ2) is 12.0. The third-order valence-corrected chi connectivity index (χ3v) is 7.25. The second-order valence-electron chi connectivity index (χ2n) is 8.60. The van der Waals surface area contributed by atoms with Crippen LogP contribution in [0.1, 0.15) is 22.6 Å². The summed E-state index contributed by atoms with van der Waals surface area (Å²) in [5, 5.41) is 20.8. The number of hydrogen-bond acceptors (Lipinski definition) is 8. The number of hydrogen-bond donors (Lipinski definition) is 1. The molecule has 0 atom stereocenters. The molecular weight excluding hydrogens is 476 g/mol. The van der Waals surface area contributed by atoms with Crippen molar-refractivity contribution in [2.24, 2.45) is 7.05 Å². The van der Waals surface area contributed by atoms with Crippen molar-refractivity contribution in [1.82, 2.24) is 29.8 Å². The molecule has 0 radical (unpaired) electrons. The van der Waals surface area contributed by atoms with Crippen molar-refractivity contribution in [3.63, 3.8) is 0 Å². The summed E-state index contributed by atoms with van der Waals surface area (Å²) in [6.07, 6.45) is 3.94. The summed E-state index contributed by atoms with van der Waals surface area (Å²) in [7, 11) is 2.03. The second-order valence-corrected chi connectivity index (χ2v) is 9.67. The van der Waals surface area contributed by atoms with E-state index < -0.39 is 0 Å². The van der Waals surface area contributed by atoms with E-state index in [9.17, 15) is 0 Å². The first kappa shape index (κ1) is 25.6. The first-order valence-corrected chi connectivity index (χ1v) is 12.8. The summed E-state index contributed by atoms with van der Waals surface area (Å²) >= 11 is 1.76. The summed E-state index contributed by atoms with van der Waals surface area (Å²) in [5.41, 5.74) is 6.92. The molecule has 1 aromatic carbocycles. The minimum absolute atomic E-state index is 0.250. The molecule has 0 aliphatic carbocycles. The minimum atomic E-state index is -0.250. The van der Waals surface area contributed by atoms with E-state index in [-0.39, 0.29) is 6.47 Å². The van der Waals surface area contributed by atoms with E-state index in [0.717, 1.165) is 77.5 Å². The van der Waals surface area contributed by atoms with E-state index in [1.807, 2.05) is 39.1 Å². The number of aryl methyl sites for hydroxylation is 2. The highest BCUT2D eigenvalue weighted by Crippen LogP contribution is 2.26. The highest BCUT2D eigenvalue weighted by Gasteiger charge is 2.17. The van der Waals surface area contributed by atoms with Crippen molar-refractivity contribution in [3.05, 3.63) is 65.2 Å². The molecule has 5 rings (SSSR count). The highest BCUT2D eigenvalue weighted by atomic mass is 32.2. The van der Waals surface area contributed by atoms with E-state index in [2.05, 4.69) is 48.0 Å². The number of benzene rings is 1. The van der Waals surface area contributed by atoms with Gasteiger partial charge in [0.15, 0.2) is 11.0 Å². The lowest BCUT2D eigenvalue weighted by Crippen LogP contribution is -2.28. The largest absolute Gasteiger partial charge is 0.483 e. The minimum Gasteiger partial charge on any atom is -0.483 e. The van der Waals surface area contributed by atoms with Crippen molar-refractivity contribution in [2.45, 2.75) is 31.8 Å². The molecule has 10 heteroatoms. The molecule has 9 nitrogen and oxygen atoms in total. The number of fused-ring (bicyclic) bond motifs is 1. The number of rotatable bonds is 6. The van der Waals surface area contributed by atoms with Gasteiger partial charge in [0, 0.05) is 61.5 Å². The van der Waals surface area contributed by atoms with Crippen molar-refractivity contribution >= 4 is 18.2 Å². The molecule has 0 amide bonds. The van der Waals surface area contributed by atoms with Crippen LogP contribution in [-0.4, -0.2) is 66.8 Å². The van der Waals surface area contributed by atoms with Gasteiger partial charge in [-0.2, -0.15) is 0 Å². The average Bonchev–Trinajstić information content (AvgIpc) is 3.40. The molecule has 1 aliphatic heterocycles. The van der Waals surface area contributed by atoms with E-state index in [0.29, 0.717) is 0 Å². The first-order chi connectivity index (χ1) is 17.5. The third kappa shape index (κ3) is 6.00. The number of carboxylic acid groups (broad SMARTS) is 1. The molecule has 0 saturated heterocycles. The number of nitrogens with zero attached hydrogens (tertiary/aromatic N) is 6. The van der Waals surface area contributed by atoms with E-state index in [1.54, 1.807) is 18.0 Å². The van der Waals surface area contributed by atoms with Crippen molar-refractivity contribution < 1.29 is 14.4 Å². The lowest BCUT2D eigenvalue weighted by Gasteiger charge is -2.19. The summed E-state index contributed by atoms with van der Waals surface area (Å²) in [6.45, 7) is 6.85. The number of aromatic nitrogens is 5. The molecule has 0 saturated carbocycles. The van der Waals surface area contributed by atoms with Crippen LogP contribution in [0, 0.1) is 13.8 Å². The number of thioether (sulfide) groups is 1. The van der Waals surface area contributed by atoms with Crippen LogP contribution in [0.5, 0.6) is 0 Å². The van der Waals surface area contributed by atoms with E-state index >= 15 is 0 Å². The zero-order valence-corrected chi connectivity index (χ0v) is 21.5. The Morgan fingerprint density at radius 2 is 1.89 bits per heavy atom. The normalized spacial score (nSPS) is 13.4. The highest BCUT2D eigenvalue weighted by molar-refractivity contribution is 7.99. The fourth-order valence-corrected chi connectivity index (χ4v) is 5.23. The van der Waals surface area contributed by atoms with Crippen molar-refractivity contribution in [1.29, 1.82) is 0 Å². The van der Waals surface area contributed by atoms with Gasteiger partial charge in [0.05, 0.1) is 0 Å². The van der Waals surface area contributed by atoms with E-state index in [1.165, 1.54) is 11.1 Å². The molecule has 3 aromatic heterocycles. The zero-order valence-electron chi connectivity index (χ0n) is 20.7. The maximum atomic E-state index is 8.36. The summed E-state index contributed by atoms with van der Waals surface area (Å²) in [4.78, 5) is 15.3. The van der Waals surface area contributed by atoms with Crippen molar-refractivity contribution in [2.75, 3.05) is 25.4 Å². The monoisotopic (exact) mass is 506 g/mol. The van der Waals surface area contributed by atoms with Gasteiger partial charge < -0.3 is 19.1 Å².